The van der Waals surface area contributed by atoms with Gasteiger partial charge in [-0.05, 0) is 31.5 Å². The van der Waals surface area contributed by atoms with Gasteiger partial charge < -0.3 is 9.72 Å². The number of H-pyrrole nitrogens is 1. The minimum Gasteiger partial charge on any atom is -0.466 e. The molecule has 5 heteroatoms. The lowest BCUT2D eigenvalue weighted by atomic mass is 10.2. The molecule has 1 aromatic heterocycles. The average Bonchev–Trinajstić information content (AvgIpc) is 2.31. The van der Waals surface area contributed by atoms with E-state index in [4.69, 9.17) is 4.74 Å². The number of nitrogens with one attached hydrogen (secondary N) is 1. The largest absolute Gasteiger partial charge is 0.466 e. The number of ether oxygens (including phenoxy) is 1. The van der Waals surface area contributed by atoms with Crippen LogP contribution in [0.3, 0.4) is 0 Å². The van der Waals surface area contributed by atoms with Gasteiger partial charge in [-0.15, -0.1) is 0 Å². The maximum Gasteiger partial charge on any atom is 0.312 e. The van der Waals surface area contributed by atoms with Gasteiger partial charge in [0.2, 0.25) is 0 Å². The first-order valence-corrected chi connectivity index (χ1v) is 5.75. The predicted octanol–water partition coefficient (Wildman–Crippen LogP) is 1.34. The number of benzene rings is 1. The number of aryl methyl sites for hydroxylation is 1. The first kappa shape index (κ1) is 12.3. The van der Waals surface area contributed by atoms with E-state index in [-0.39, 0.29) is 17.7 Å². The third-order valence-electron chi connectivity index (χ3n) is 2.53. The molecule has 0 amide bonds. The van der Waals surface area contributed by atoms with Crippen LogP contribution in [0.4, 0.5) is 0 Å². The van der Waals surface area contributed by atoms with Crippen LogP contribution in [0.25, 0.3) is 11.0 Å². The van der Waals surface area contributed by atoms with Crippen molar-refractivity contribution in [3.05, 3.63) is 39.8 Å². The zero-order chi connectivity index (χ0) is 13.1. The van der Waals surface area contributed by atoms with Crippen LogP contribution in [0, 0.1) is 6.92 Å². The minimum atomic E-state index is -0.443. The lowest BCUT2D eigenvalue weighted by Crippen LogP contribution is -2.20. The van der Waals surface area contributed by atoms with Gasteiger partial charge in [0.15, 0.2) is 0 Å². The van der Waals surface area contributed by atoms with Gasteiger partial charge in [-0.3, -0.25) is 9.59 Å². The number of carbonyl (C=O) groups is 1. The van der Waals surface area contributed by atoms with Crippen LogP contribution >= 0.6 is 0 Å². The van der Waals surface area contributed by atoms with Crippen molar-refractivity contribution in [2.45, 2.75) is 20.3 Å². The molecule has 0 aliphatic carbocycles. The molecule has 0 atom stereocenters. The molecule has 2 aromatic rings. The number of fused-ring (bicyclic) bond motifs is 1. The van der Waals surface area contributed by atoms with Gasteiger partial charge in [-0.25, -0.2) is 4.98 Å². The van der Waals surface area contributed by atoms with Crippen molar-refractivity contribution in [2.75, 3.05) is 6.61 Å². The molecule has 0 fully saturated rings. The number of nitrogens with zero attached hydrogens (tertiary/aromatic N) is 1. The normalized spacial score (nSPS) is 10.6. The van der Waals surface area contributed by atoms with E-state index in [0.29, 0.717) is 17.6 Å². The first-order chi connectivity index (χ1) is 8.60. The fourth-order valence-electron chi connectivity index (χ4n) is 1.71. The summed E-state index contributed by atoms with van der Waals surface area (Å²) in [5.41, 5.74) is 2.22. The number of hydrogen-bond acceptors (Lipinski definition) is 4. The summed E-state index contributed by atoms with van der Waals surface area (Å²) in [6, 6.07) is 5.56. The van der Waals surface area contributed by atoms with Crippen LogP contribution in [0.5, 0.6) is 0 Å². The quantitative estimate of drug-likeness (QED) is 0.829. The summed E-state index contributed by atoms with van der Waals surface area (Å²) in [6.07, 6.45) is -0.104. The molecule has 0 bridgehead atoms. The highest BCUT2D eigenvalue weighted by Gasteiger charge is 2.10. The SMILES string of the molecule is CCOC(=O)Cc1nc2ccc(C)cc2[nH]c1=O. The molecule has 0 aliphatic rings. The Labute approximate surface area is 104 Å². The smallest absolute Gasteiger partial charge is 0.312 e. The standard InChI is InChI=1S/C13H14N2O3/c1-3-18-12(16)7-11-13(17)15-10-6-8(2)4-5-9(10)14-11/h4-6H,3,7H2,1-2H3,(H,15,17). The van der Waals surface area contributed by atoms with Crippen LogP contribution in [0.1, 0.15) is 18.2 Å². The number of rotatable bonds is 3. The maximum absolute atomic E-state index is 11.8. The number of hydrogen-bond donors (Lipinski definition) is 1. The van der Waals surface area contributed by atoms with Crippen molar-refractivity contribution in [1.82, 2.24) is 9.97 Å². The summed E-state index contributed by atoms with van der Waals surface area (Å²) < 4.78 is 4.80. The highest BCUT2D eigenvalue weighted by atomic mass is 16.5. The van der Waals surface area contributed by atoms with E-state index >= 15 is 0 Å². The zero-order valence-electron chi connectivity index (χ0n) is 10.3. The van der Waals surface area contributed by atoms with Crippen molar-refractivity contribution < 1.29 is 9.53 Å². The van der Waals surface area contributed by atoms with Crippen molar-refractivity contribution in [1.29, 1.82) is 0 Å². The van der Waals surface area contributed by atoms with Gasteiger partial charge >= 0.3 is 5.97 Å². The summed E-state index contributed by atoms with van der Waals surface area (Å²) in [5.74, 6) is -0.443. The molecule has 0 saturated heterocycles. The van der Waals surface area contributed by atoms with Gasteiger partial charge in [-0.2, -0.15) is 0 Å². The van der Waals surface area contributed by atoms with Gasteiger partial charge in [-0.1, -0.05) is 6.07 Å². The van der Waals surface area contributed by atoms with Crippen LogP contribution in [0.15, 0.2) is 23.0 Å². The Hall–Kier alpha value is -2.17. The average molecular weight is 246 g/mol. The van der Waals surface area contributed by atoms with Crippen molar-refractivity contribution in [2.24, 2.45) is 0 Å². The van der Waals surface area contributed by atoms with Crippen LogP contribution in [0.2, 0.25) is 0 Å². The topological polar surface area (TPSA) is 72.0 Å². The van der Waals surface area contributed by atoms with E-state index < -0.39 is 5.97 Å². The summed E-state index contributed by atoms with van der Waals surface area (Å²) in [5, 5.41) is 0. The fourth-order valence-corrected chi connectivity index (χ4v) is 1.71. The highest BCUT2D eigenvalue weighted by molar-refractivity contribution is 5.76. The van der Waals surface area contributed by atoms with E-state index in [1.165, 1.54) is 0 Å². The Morgan fingerprint density at radius 1 is 1.44 bits per heavy atom. The van der Waals surface area contributed by atoms with E-state index in [1.54, 1.807) is 6.92 Å². The monoisotopic (exact) mass is 246 g/mol. The molecule has 1 aromatic carbocycles. The molecule has 0 radical (unpaired) electrons. The van der Waals surface area contributed by atoms with E-state index in [9.17, 15) is 9.59 Å². The molecule has 5 nitrogen and oxygen atoms in total. The second-order valence-corrected chi connectivity index (χ2v) is 4.02. The molecule has 0 spiro atoms. The highest BCUT2D eigenvalue weighted by Crippen LogP contribution is 2.10. The van der Waals surface area contributed by atoms with Crippen molar-refractivity contribution in [3.63, 3.8) is 0 Å². The summed E-state index contributed by atoms with van der Waals surface area (Å²) >= 11 is 0. The molecular formula is C13H14N2O3. The number of carbonyl (C=O) groups excluding carboxylic acids is 1. The fraction of sp³-hybridized carbons (Fsp3) is 0.308. The Morgan fingerprint density at radius 3 is 2.94 bits per heavy atom. The van der Waals surface area contributed by atoms with Gasteiger partial charge in [0, 0.05) is 0 Å². The van der Waals surface area contributed by atoms with E-state index in [0.717, 1.165) is 5.56 Å². The Bertz CT molecular complexity index is 646. The Morgan fingerprint density at radius 2 is 2.22 bits per heavy atom. The maximum atomic E-state index is 11.8. The molecule has 2 rings (SSSR count). The number of aromatic amines is 1. The summed E-state index contributed by atoms with van der Waals surface area (Å²) in [7, 11) is 0. The third kappa shape index (κ3) is 2.56. The number of aromatic nitrogens is 2. The van der Waals surface area contributed by atoms with E-state index in [2.05, 4.69) is 9.97 Å². The lowest BCUT2D eigenvalue weighted by Gasteiger charge is -2.03. The van der Waals surface area contributed by atoms with Crippen LogP contribution in [-0.4, -0.2) is 22.5 Å². The number of esters is 1. The predicted molar refractivity (Wildman–Crippen MR) is 67.4 cm³/mol. The third-order valence-corrected chi connectivity index (χ3v) is 2.53. The van der Waals surface area contributed by atoms with Gasteiger partial charge in [0.25, 0.3) is 5.56 Å². The van der Waals surface area contributed by atoms with Crippen LogP contribution < -0.4 is 5.56 Å². The van der Waals surface area contributed by atoms with E-state index in [1.807, 2.05) is 25.1 Å². The zero-order valence-corrected chi connectivity index (χ0v) is 10.3. The molecule has 94 valence electrons. The second kappa shape index (κ2) is 5.00. The Balaban J connectivity index is 2.40. The second-order valence-electron chi connectivity index (χ2n) is 4.02. The Kier molecular flexibility index (Phi) is 3.41. The van der Waals surface area contributed by atoms with Crippen molar-refractivity contribution >= 4 is 17.0 Å². The lowest BCUT2D eigenvalue weighted by molar-refractivity contribution is -0.142. The first-order valence-electron chi connectivity index (χ1n) is 5.75. The summed E-state index contributed by atoms with van der Waals surface area (Å²) in [4.78, 5) is 30.0. The van der Waals surface area contributed by atoms with Crippen molar-refractivity contribution in [3.8, 4) is 0 Å². The minimum absolute atomic E-state index is 0.104. The molecule has 1 N–H and O–H groups in total. The molecule has 18 heavy (non-hydrogen) atoms. The van der Waals surface area contributed by atoms with Gasteiger partial charge in [0.05, 0.1) is 24.1 Å². The van der Waals surface area contributed by atoms with Gasteiger partial charge in [0.1, 0.15) is 5.69 Å². The molecule has 0 aliphatic heterocycles. The molecular weight excluding hydrogens is 232 g/mol. The molecule has 0 unspecified atom stereocenters. The summed E-state index contributed by atoms with van der Waals surface area (Å²) in [6.45, 7) is 3.95. The van der Waals surface area contributed by atoms with Crippen LogP contribution in [-0.2, 0) is 16.0 Å². The molecule has 0 saturated carbocycles. The molecule has 1 heterocycles.